The molecule has 0 fully saturated rings. The van der Waals surface area contributed by atoms with Gasteiger partial charge in [0.25, 0.3) is 0 Å². The van der Waals surface area contributed by atoms with Crippen LogP contribution in [0.5, 0.6) is 0 Å². The van der Waals surface area contributed by atoms with Crippen LogP contribution in [0.1, 0.15) is 31.4 Å². The predicted molar refractivity (Wildman–Crippen MR) is 72.9 cm³/mol. The highest BCUT2D eigenvalue weighted by molar-refractivity contribution is 5.30. The molecule has 2 atom stereocenters. The first-order chi connectivity index (χ1) is 8.24. The van der Waals surface area contributed by atoms with Gasteiger partial charge in [-0.1, -0.05) is 44.5 Å². The van der Waals surface area contributed by atoms with E-state index in [9.17, 15) is 0 Å². The van der Waals surface area contributed by atoms with Crippen molar-refractivity contribution in [3.05, 3.63) is 35.4 Å². The van der Waals surface area contributed by atoms with E-state index in [-0.39, 0.29) is 0 Å². The number of nitrogens with one attached hydrogen (secondary N) is 1. The molecule has 1 aliphatic rings. The standard InChI is InChI=1S/C15H24N2/c1-4-12(2)15(16-3)11-17-9-13-7-5-6-8-14(13)10-17/h5-8,12,15-16H,4,9-11H2,1-3H3. The van der Waals surface area contributed by atoms with E-state index in [4.69, 9.17) is 0 Å². The zero-order valence-corrected chi connectivity index (χ0v) is 11.2. The number of likely N-dealkylation sites (N-methyl/N-ethyl adjacent to an activating group) is 1. The third-order valence-corrected chi connectivity index (χ3v) is 4.06. The zero-order chi connectivity index (χ0) is 12.3. The molecule has 0 saturated heterocycles. The van der Waals surface area contributed by atoms with Gasteiger partial charge < -0.3 is 5.32 Å². The SMILES string of the molecule is CCC(C)C(CN1Cc2ccccc2C1)NC. The molecule has 2 rings (SSSR count). The molecular formula is C15H24N2. The minimum atomic E-state index is 0.606. The lowest BCUT2D eigenvalue weighted by Gasteiger charge is -2.27. The van der Waals surface area contributed by atoms with Gasteiger partial charge in [0.2, 0.25) is 0 Å². The molecule has 0 saturated carbocycles. The van der Waals surface area contributed by atoms with Crippen molar-refractivity contribution in [3.8, 4) is 0 Å². The maximum atomic E-state index is 3.46. The number of hydrogen-bond donors (Lipinski definition) is 1. The van der Waals surface area contributed by atoms with Crippen molar-refractivity contribution < 1.29 is 0 Å². The lowest BCUT2D eigenvalue weighted by Crippen LogP contribution is -2.41. The first-order valence-electron chi connectivity index (χ1n) is 6.71. The van der Waals surface area contributed by atoms with Crippen molar-refractivity contribution in [2.45, 2.75) is 39.4 Å². The van der Waals surface area contributed by atoms with E-state index >= 15 is 0 Å². The van der Waals surface area contributed by atoms with Gasteiger partial charge in [-0.05, 0) is 24.1 Å². The van der Waals surface area contributed by atoms with Crippen LogP contribution in [0.3, 0.4) is 0 Å². The summed E-state index contributed by atoms with van der Waals surface area (Å²) in [6.07, 6.45) is 1.24. The average Bonchev–Trinajstić information content (AvgIpc) is 2.77. The fraction of sp³-hybridized carbons (Fsp3) is 0.600. The first kappa shape index (κ1) is 12.6. The smallest absolute Gasteiger partial charge is 0.0241 e. The molecule has 0 spiro atoms. The summed E-state index contributed by atoms with van der Waals surface area (Å²) in [5, 5.41) is 3.46. The highest BCUT2D eigenvalue weighted by Gasteiger charge is 2.22. The Labute approximate surface area is 105 Å². The molecule has 0 bridgehead atoms. The molecule has 2 nitrogen and oxygen atoms in total. The van der Waals surface area contributed by atoms with Crippen molar-refractivity contribution in [1.82, 2.24) is 10.2 Å². The minimum absolute atomic E-state index is 0.606. The van der Waals surface area contributed by atoms with Crippen LogP contribution >= 0.6 is 0 Å². The van der Waals surface area contributed by atoms with Crippen molar-refractivity contribution in [1.29, 1.82) is 0 Å². The van der Waals surface area contributed by atoms with Gasteiger partial charge in [-0.3, -0.25) is 4.90 Å². The number of nitrogens with zero attached hydrogens (tertiary/aromatic N) is 1. The molecule has 2 heteroatoms. The van der Waals surface area contributed by atoms with Crippen molar-refractivity contribution in [3.63, 3.8) is 0 Å². The molecule has 1 N–H and O–H groups in total. The average molecular weight is 232 g/mol. The van der Waals surface area contributed by atoms with E-state index < -0.39 is 0 Å². The van der Waals surface area contributed by atoms with Gasteiger partial charge in [0.1, 0.15) is 0 Å². The largest absolute Gasteiger partial charge is 0.315 e. The molecule has 1 heterocycles. The molecule has 17 heavy (non-hydrogen) atoms. The van der Waals surface area contributed by atoms with E-state index in [1.807, 2.05) is 0 Å². The third kappa shape index (κ3) is 2.88. The molecule has 0 aliphatic carbocycles. The monoisotopic (exact) mass is 232 g/mol. The maximum absolute atomic E-state index is 3.46. The third-order valence-electron chi connectivity index (χ3n) is 4.06. The number of benzene rings is 1. The lowest BCUT2D eigenvalue weighted by atomic mass is 9.99. The van der Waals surface area contributed by atoms with E-state index in [1.165, 1.54) is 17.5 Å². The summed E-state index contributed by atoms with van der Waals surface area (Å²) in [5.74, 6) is 0.740. The second kappa shape index (κ2) is 5.65. The fourth-order valence-corrected chi connectivity index (χ4v) is 2.65. The van der Waals surface area contributed by atoms with Gasteiger partial charge in [-0.2, -0.15) is 0 Å². The zero-order valence-electron chi connectivity index (χ0n) is 11.2. The molecule has 1 aromatic carbocycles. The fourth-order valence-electron chi connectivity index (χ4n) is 2.65. The van der Waals surface area contributed by atoms with Crippen molar-refractivity contribution in [2.24, 2.45) is 5.92 Å². The molecule has 1 aromatic rings. The van der Waals surface area contributed by atoms with Crippen LogP contribution in [0, 0.1) is 5.92 Å². The number of hydrogen-bond acceptors (Lipinski definition) is 2. The van der Waals surface area contributed by atoms with Crippen LogP contribution < -0.4 is 5.32 Å². The summed E-state index contributed by atoms with van der Waals surface area (Å²) in [4.78, 5) is 2.55. The molecule has 0 radical (unpaired) electrons. The quantitative estimate of drug-likeness (QED) is 0.839. The summed E-state index contributed by atoms with van der Waals surface area (Å²) in [6, 6.07) is 9.41. The highest BCUT2D eigenvalue weighted by atomic mass is 15.2. The maximum Gasteiger partial charge on any atom is 0.0241 e. The topological polar surface area (TPSA) is 15.3 Å². The predicted octanol–water partition coefficient (Wildman–Crippen LogP) is 2.64. The van der Waals surface area contributed by atoms with Gasteiger partial charge in [0.05, 0.1) is 0 Å². The van der Waals surface area contributed by atoms with Gasteiger partial charge >= 0.3 is 0 Å². The Morgan fingerprint density at radius 1 is 1.24 bits per heavy atom. The van der Waals surface area contributed by atoms with E-state index in [0.717, 1.165) is 25.6 Å². The summed E-state index contributed by atoms with van der Waals surface area (Å²) in [6.45, 7) is 7.99. The Bertz CT molecular complexity index is 337. The Hall–Kier alpha value is -0.860. The Morgan fingerprint density at radius 2 is 1.82 bits per heavy atom. The van der Waals surface area contributed by atoms with E-state index in [0.29, 0.717) is 6.04 Å². The van der Waals surface area contributed by atoms with E-state index in [2.05, 4.69) is 55.4 Å². The lowest BCUT2D eigenvalue weighted by molar-refractivity contribution is 0.219. The van der Waals surface area contributed by atoms with Crippen LogP contribution in [0.25, 0.3) is 0 Å². The number of rotatable bonds is 5. The van der Waals surface area contributed by atoms with Gasteiger partial charge in [-0.15, -0.1) is 0 Å². The summed E-state index contributed by atoms with van der Waals surface area (Å²) >= 11 is 0. The molecule has 1 aliphatic heterocycles. The number of fused-ring (bicyclic) bond motifs is 1. The van der Waals surface area contributed by atoms with E-state index in [1.54, 1.807) is 0 Å². The van der Waals surface area contributed by atoms with Crippen LogP contribution in [-0.2, 0) is 13.1 Å². The first-order valence-corrected chi connectivity index (χ1v) is 6.71. The Kier molecular flexibility index (Phi) is 4.19. The second-order valence-corrected chi connectivity index (χ2v) is 5.22. The van der Waals surface area contributed by atoms with Crippen molar-refractivity contribution >= 4 is 0 Å². The van der Waals surface area contributed by atoms with Gasteiger partial charge in [0, 0.05) is 25.7 Å². The Morgan fingerprint density at radius 3 is 2.29 bits per heavy atom. The summed E-state index contributed by atoms with van der Waals surface area (Å²) in [7, 11) is 2.08. The normalized spacial score (nSPS) is 19.0. The second-order valence-electron chi connectivity index (χ2n) is 5.22. The molecular weight excluding hydrogens is 208 g/mol. The van der Waals surface area contributed by atoms with Crippen LogP contribution in [-0.4, -0.2) is 24.5 Å². The van der Waals surface area contributed by atoms with Gasteiger partial charge in [0.15, 0.2) is 0 Å². The van der Waals surface area contributed by atoms with Crippen molar-refractivity contribution in [2.75, 3.05) is 13.6 Å². The van der Waals surface area contributed by atoms with Crippen LogP contribution in [0.4, 0.5) is 0 Å². The highest BCUT2D eigenvalue weighted by Crippen LogP contribution is 2.23. The molecule has 0 amide bonds. The van der Waals surface area contributed by atoms with Crippen LogP contribution in [0.15, 0.2) is 24.3 Å². The molecule has 0 aromatic heterocycles. The molecule has 2 unspecified atom stereocenters. The minimum Gasteiger partial charge on any atom is -0.315 e. The van der Waals surface area contributed by atoms with Crippen LogP contribution in [0.2, 0.25) is 0 Å². The summed E-state index contributed by atoms with van der Waals surface area (Å²) in [5.41, 5.74) is 3.01. The molecule has 94 valence electrons. The van der Waals surface area contributed by atoms with Gasteiger partial charge in [-0.25, -0.2) is 0 Å². The summed E-state index contributed by atoms with van der Waals surface area (Å²) < 4.78 is 0. The Balaban J connectivity index is 1.94.